The summed E-state index contributed by atoms with van der Waals surface area (Å²) in [5.41, 5.74) is -1.11. The molecule has 3 aromatic heterocycles. The van der Waals surface area contributed by atoms with Gasteiger partial charge in [-0.1, -0.05) is 18.2 Å². The number of nitrogens with one attached hydrogen (secondary N) is 2. The molecule has 0 radical (unpaired) electrons. The van der Waals surface area contributed by atoms with E-state index in [4.69, 9.17) is 0 Å². The number of rotatable bonds is 7. The van der Waals surface area contributed by atoms with E-state index in [2.05, 4.69) is 20.7 Å². The number of para-hydroxylation sites is 1. The average Bonchev–Trinajstić information content (AvgIpc) is 3.68. The van der Waals surface area contributed by atoms with Crippen molar-refractivity contribution < 1.29 is 40.7 Å². The zero-order chi connectivity index (χ0) is 40.4. The van der Waals surface area contributed by atoms with Crippen LogP contribution in [-0.2, 0) is 22.8 Å². The number of imidazole rings is 1. The third kappa shape index (κ3) is 7.30. The van der Waals surface area contributed by atoms with Crippen molar-refractivity contribution >= 4 is 45.3 Å². The Kier molecular flexibility index (Phi) is 9.72. The van der Waals surface area contributed by atoms with E-state index in [0.717, 1.165) is 37.1 Å². The molecular weight excluding hydrogens is 758 g/mol. The zero-order valence-electron chi connectivity index (χ0n) is 30.7. The van der Waals surface area contributed by atoms with Crippen LogP contribution in [0.1, 0.15) is 84.7 Å². The van der Waals surface area contributed by atoms with Gasteiger partial charge >= 0.3 is 11.9 Å². The molecule has 300 valence electrons. The first-order valence-electron chi connectivity index (χ1n) is 18.7. The molecule has 5 heterocycles. The summed E-state index contributed by atoms with van der Waals surface area (Å²) in [6.45, 7) is 0.464. The summed E-state index contributed by atoms with van der Waals surface area (Å²) in [5, 5.41) is 9.62. The fraction of sp³-hybridized carbons (Fsp3) is 0.436. The van der Waals surface area contributed by atoms with Gasteiger partial charge in [0.15, 0.2) is 0 Å². The Morgan fingerprint density at radius 3 is 2.47 bits per heavy atom. The number of hydrogen-bond donors (Lipinski definition) is 2. The molecule has 0 spiro atoms. The fourth-order valence-corrected chi connectivity index (χ4v) is 8.74. The van der Waals surface area contributed by atoms with Crippen LogP contribution >= 0.6 is 0 Å². The Bertz CT molecular complexity index is 2470. The minimum absolute atomic E-state index is 0.0316. The van der Waals surface area contributed by atoms with Gasteiger partial charge in [0.05, 0.1) is 40.7 Å². The van der Waals surface area contributed by atoms with Crippen molar-refractivity contribution in [2.75, 3.05) is 25.0 Å². The summed E-state index contributed by atoms with van der Waals surface area (Å²) in [6, 6.07) is 9.31. The van der Waals surface area contributed by atoms with E-state index in [-0.39, 0.29) is 36.9 Å². The van der Waals surface area contributed by atoms with E-state index in [0.29, 0.717) is 53.4 Å². The molecule has 3 fully saturated rings. The molecule has 2 N–H and O–H groups in total. The topological polar surface area (TPSA) is 136 Å². The minimum Gasteiger partial charge on any atom is -0.318 e. The molecule has 1 aliphatic carbocycles. The monoisotopic (exact) mass is 796 g/mol. The molecule has 12 nitrogen and oxygen atoms in total. The van der Waals surface area contributed by atoms with Gasteiger partial charge in [0, 0.05) is 37.7 Å². The van der Waals surface area contributed by atoms with E-state index in [1.807, 2.05) is 0 Å². The number of anilines is 1. The highest BCUT2D eigenvalue weighted by Crippen LogP contribution is 2.44. The molecule has 18 heteroatoms. The number of benzene rings is 2. The van der Waals surface area contributed by atoms with E-state index < -0.39 is 71.2 Å². The lowest BCUT2D eigenvalue weighted by Crippen LogP contribution is -2.49. The minimum atomic E-state index is -4.75. The van der Waals surface area contributed by atoms with Crippen LogP contribution < -0.4 is 16.3 Å². The van der Waals surface area contributed by atoms with Gasteiger partial charge in [0.1, 0.15) is 23.2 Å². The summed E-state index contributed by atoms with van der Waals surface area (Å²) in [7, 11) is 1.51. The number of carbonyl (C=O) groups is 3. The molecule has 1 saturated carbocycles. The number of hydrogen-bond acceptors (Lipinski definition) is 7. The third-order valence-corrected chi connectivity index (χ3v) is 11.5. The van der Waals surface area contributed by atoms with Gasteiger partial charge in [-0.3, -0.25) is 38.4 Å². The van der Waals surface area contributed by atoms with Gasteiger partial charge in [0.2, 0.25) is 11.8 Å². The quantitative estimate of drug-likeness (QED) is 0.145. The molecule has 3 amide bonds. The highest BCUT2D eigenvalue weighted by molar-refractivity contribution is 6.04. The van der Waals surface area contributed by atoms with Crippen LogP contribution in [0.2, 0.25) is 0 Å². The Hall–Kier alpha value is -5.52. The number of nitrogens with zero attached hydrogens (tertiary/aromatic N) is 6. The number of halogens is 6. The van der Waals surface area contributed by atoms with Crippen molar-refractivity contribution in [3.63, 3.8) is 0 Å². The first-order valence-corrected chi connectivity index (χ1v) is 18.7. The van der Waals surface area contributed by atoms with Gasteiger partial charge in [0.25, 0.3) is 11.8 Å². The lowest BCUT2D eigenvalue weighted by atomic mass is 9.83. The molecule has 8 rings (SSSR count). The summed E-state index contributed by atoms with van der Waals surface area (Å²) in [5.74, 6) is -6.93. The second-order valence-electron chi connectivity index (χ2n) is 15.3. The van der Waals surface area contributed by atoms with Crippen molar-refractivity contribution in [3.8, 4) is 0 Å². The summed E-state index contributed by atoms with van der Waals surface area (Å²) < 4.78 is 90.8. The normalized spacial score (nSPS) is 23.2. The molecule has 2 aromatic carbocycles. The maximum Gasteiger partial charge on any atom is 0.433 e. The number of likely N-dealkylation sites (tertiary alicyclic amines) is 1. The van der Waals surface area contributed by atoms with Gasteiger partial charge in [-0.05, 0) is 80.8 Å². The zero-order valence-corrected chi connectivity index (χ0v) is 30.7. The van der Waals surface area contributed by atoms with Crippen LogP contribution in [-0.4, -0.2) is 72.1 Å². The lowest BCUT2D eigenvalue weighted by molar-refractivity contribution is -0.141. The molecule has 2 saturated heterocycles. The summed E-state index contributed by atoms with van der Waals surface area (Å²) in [4.78, 5) is 55.6. The summed E-state index contributed by atoms with van der Waals surface area (Å²) in [6.07, 6.45) is 0.257. The van der Waals surface area contributed by atoms with E-state index in [9.17, 15) is 32.3 Å². The first kappa shape index (κ1) is 38.4. The van der Waals surface area contributed by atoms with E-state index >= 15 is 13.2 Å². The van der Waals surface area contributed by atoms with Crippen LogP contribution in [0.5, 0.6) is 0 Å². The number of amides is 3. The van der Waals surface area contributed by atoms with E-state index in [1.54, 1.807) is 34.0 Å². The smallest absolute Gasteiger partial charge is 0.318 e. The second kappa shape index (κ2) is 14.5. The molecule has 0 bridgehead atoms. The van der Waals surface area contributed by atoms with Crippen LogP contribution in [0.3, 0.4) is 0 Å². The lowest BCUT2D eigenvalue weighted by Gasteiger charge is -2.41. The van der Waals surface area contributed by atoms with Gasteiger partial charge in [-0.25, -0.2) is 22.9 Å². The molecule has 2 unspecified atom stereocenters. The number of aryl methyl sites for hydroxylation is 1. The molecule has 5 aromatic rings. The number of fused-ring (bicyclic) bond motifs is 2. The van der Waals surface area contributed by atoms with Crippen molar-refractivity contribution in [1.29, 1.82) is 0 Å². The SMILES string of the molecule is Cn1c(=O)n(C2CCC(=O)NC2=O)c2cccc(C3CCN(CC4CCC(n5cc6cc(NC(=O)c7cccc(C(F)(F)F)n7)c(F)cc6n5)CC4)CC3(F)F)c21. The van der Waals surface area contributed by atoms with E-state index in [1.165, 1.54) is 22.2 Å². The number of piperidine rings is 2. The number of aromatic nitrogens is 5. The number of imide groups is 1. The Labute approximate surface area is 320 Å². The Balaban J connectivity index is 0.900. The Morgan fingerprint density at radius 2 is 1.75 bits per heavy atom. The molecule has 2 atom stereocenters. The van der Waals surface area contributed by atoms with Crippen molar-refractivity contribution in [3.05, 3.63) is 88.0 Å². The first-order chi connectivity index (χ1) is 27.1. The van der Waals surface area contributed by atoms with Crippen LogP contribution in [0.4, 0.5) is 32.0 Å². The number of carbonyl (C=O) groups excluding carboxylic acids is 3. The van der Waals surface area contributed by atoms with Crippen LogP contribution in [0.25, 0.3) is 21.9 Å². The molecule has 3 aliphatic rings. The van der Waals surface area contributed by atoms with Gasteiger partial charge in [-0.2, -0.15) is 18.3 Å². The third-order valence-electron chi connectivity index (χ3n) is 11.5. The van der Waals surface area contributed by atoms with Crippen molar-refractivity contribution in [2.24, 2.45) is 13.0 Å². The molecule has 2 aliphatic heterocycles. The van der Waals surface area contributed by atoms with Crippen LogP contribution in [0.15, 0.2) is 59.5 Å². The predicted octanol–water partition coefficient (Wildman–Crippen LogP) is 6.33. The highest BCUT2D eigenvalue weighted by Gasteiger charge is 2.47. The highest BCUT2D eigenvalue weighted by atomic mass is 19.4. The fourth-order valence-electron chi connectivity index (χ4n) is 8.74. The maximum atomic E-state index is 16.1. The standard InChI is InChI=1S/C39H38F6N8O4/c1-50-34-24(4-2-6-30(34)53(37(50)57)31-12-13-33(54)48-36(31)56)25-14-15-51(20-38(25,41)42)18-21-8-10-23(11-9-21)52-19-22-16-29(26(40)17-28(22)49-52)47-35(55)27-5-3-7-32(46-27)39(43,44)45/h2-7,16-17,19,21,23,25,31H,8-15,18,20H2,1H3,(H,47,55)(H,48,54,56). The van der Waals surface area contributed by atoms with Crippen molar-refractivity contribution in [2.45, 2.75) is 75.0 Å². The van der Waals surface area contributed by atoms with Crippen LogP contribution in [0, 0.1) is 11.7 Å². The summed E-state index contributed by atoms with van der Waals surface area (Å²) >= 11 is 0. The largest absolute Gasteiger partial charge is 0.433 e. The predicted molar refractivity (Wildman–Crippen MR) is 195 cm³/mol. The van der Waals surface area contributed by atoms with Gasteiger partial charge in [-0.15, -0.1) is 0 Å². The molecule has 57 heavy (non-hydrogen) atoms. The average molecular weight is 797 g/mol. The van der Waals surface area contributed by atoms with Gasteiger partial charge < -0.3 is 5.32 Å². The molecular formula is C39H38F6N8O4. The Morgan fingerprint density at radius 1 is 1.00 bits per heavy atom. The second-order valence-corrected chi connectivity index (χ2v) is 15.3. The van der Waals surface area contributed by atoms with Crippen molar-refractivity contribution in [1.82, 2.24) is 34.1 Å². The maximum absolute atomic E-state index is 16.1. The number of alkyl halides is 5. The number of pyridine rings is 1.